The molecule has 2 aromatic rings. The fourth-order valence-corrected chi connectivity index (χ4v) is 5.05. The molecule has 2 rings (SSSR count). The monoisotopic (exact) mass is 581 g/mol. The van der Waals surface area contributed by atoms with E-state index in [1.54, 1.807) is 35.1 Å². The predicted molar refractivity (Wildman–Crippen MR) is 154 cm³/mol. The summed E-state index contributed by atoms with van der Waals surface area (Å²) >= 11 is 9.38. The zero-order valence-corrected chi connectivity index (χ0v) is 24.4. The molecule has 0 aliphatic heterocycles. The van der Waals surface area contributed by atoms with Crippen molar-refractivity contribution in [1.82, 2.24) is 15.1 Å². The summed E-state index contributed by atoms with van der Waals surface area (Å²) in [6.07, 6.45) is 23.3. The normalized spacial score (nSPS) is 11.1. The van der Waals surface area contributed by atoms with E-state index in [1.165, 1.54) is 89.9 Å². The minimum absolute atomic E-state index is 0.137. The number of unbranched alkanes of at least 4 members (excludes halogenated alkanes) is 15. The van der Waals surface area contributed by atoms with Gasteiger partial charge in [0.1, 0.15) is 11.4 Å². The van der Waals surface area contributed by atoms with Crippen LogP contribution in [0.15, 0.2) is 34.9 Å². The summed E-state index contributed by atoms with van der Waals surface area (Å²) in [7, 11) is 0. The van der Waals surface area contributed by atoms with Crippen molar-refractivity contribution in [2.24, 2.45) is 0 Å². The van der Waals surface area contributed by atoms with Gasteiger partial charge in [0.2, 0.25) is 0 Å². The molecule has 0 radical (unpaired) electrons. The zero-order chi connectivity index (χ0) is 25.8. The van der Waals surface area contributed by atoms with Gasteiger partial charge in [0.05, 0.1) is 4.47 Å². The predicted octanol–water partition coefficient (Wildman–Crippen LogP) is 9.33. The number of hydrogen-bond acceptors (Lipinski definition) is 3. The smallest absolute Gasteiger partial charge is 0.271 e. The molecule has 0 aliphatic carbocycles. The van der Waals surface area contributed by atoms with E-state index in [1.807, 2.05) is 0 Å². The van der Waals surface area contributed by atoms with E-state index in [4.69, 9.17) is 16.3 Å². The van der Waals surface area contributed by atoms with E-state index in [2.05, 4.69) is 33.3 Å². The van der Waals surface area contributed by atoms with Crippen molar-refractivity contribution in [1.29, 1.82) is 0 Å². The molecule has 1 aromatic carbocycles. The quantitative estimate of drug-likeness (QED) is 0.149. The van der Waals surface area contributed by atoms with Gasteiger partial charge >= 0.3 is 0 Å². The highest BCUT2D eigenvalue weighted by atomic mass is 79.9. The van der Waals surface area contributed by atoms with Gasteiger partial charge in [-0.15, -0.1) is 0 Å². The number of nitrogens with one attached hydrogen (secondary N) is 1. The number of benzene rings is 1. The van der Waals surface area contributed by atoms with Crippen LogP contribution in [0.4, 0.5) is 0 Å². The van der Waals surface area contributed by atoms with Crippen molar-refractivity contribution < 1.29 is 9.53 Å². The maximum absolute atomic E-state index is 12.3. The minimum atomic E-state index is -0.137. The first-order chi connectivity index (χ1) is 17.6. The summed E-state index contributed by atoms with van der Waals surface area (Å²) in [5, 5.41) is 7.91. The first-order valence-corrected chi connectivity index (χ1v) is 15.2. The standard InChI is InChI=1S/C29H45BrClN3O2/c1-2-3-4-5-6-7-8-9-10-11-12-13-14-15-16-17-21-32-29(35)27-20-22-34(33-27)24-36-28-19-18-25(31)23-26(28)30/h18-20,22-23H,2-17,21,24H2,1H3,(H,32,35). The lowest BCUT2D eigenvalue weighted by atomic mass is 10.0. The molecule has 5 nitrogen and oxygen atoms in total. The van der Waals surface area contributed by atoms with Crippen LogP contribution in [0, 0.1) is 0 Å². The number of amides is 1. The largest absolute Gasteiger partial charge is 0.470 e. The lowest BCUT2D eigenvalue weighted by molar-refractivity contribution is 0.0946. The molecule has 0 saturated heterocycles. The highest BCUT2D eigenvalue weighted by Crippen LogP contribution is 2.28. The number of rotatable bonds is 21. The third kappa shape index (κ3) is 13.7. The van der Waals surface area contributed by atoms with E-state index in [0.29, 0.717) is 23.0 Å². The summed E-state index contributed by atoms with van der Waals surface area (Å²) in [5.74, 6) is 0.534. The average molecular weight is 583 g/mol. The summed E-state index contributed by atoms with van der Waals surface area (Å²) in [4.78, 5) is 12.3. The van der Waals surface area contributed by atoms with Crippen LogP contribution in [0.25, 0.3) is 0 Å². The Morgan fingerprint density at radius 2 is 1.44 bits per heavy atom. The van der Waals surface area contributed by atoms with Crippen LogP contribution in [-0.4, -0.2) is 22.2 Å². The molecule has 0 spiro atoms. The highest BCUT2D eigenvalue weighted by Gasteiger charge is 2.09. The summed E-state index contributed by atoms with van der Waals surface area (Å²) in [6, 6.07) is 7.05. The Hall–Kier alpha value is -1.53. The van der Waals surface area contributed by atoms with Crippen LogP contribution >= 0.6 is 27.5 Å². The first-order valence-electron chi connectivity index (χ1n) is 14.0. The third-order valence-electron chi connectivity index (χ3n) is 6.44. The zero-order valence-electron chi connectivity index (χ0n) is 22.1. The molecular formula is C29H45BrClN3O2. The Kier molecular flexibility index (Phi) is 16.7. The van der Waals surface area contributed by atoms with Crippen LogP contribution in [0.5, 0.6) is 5.75 Å². The van der Waals surface area contributed by atoms with Crippen LogP contribution in [-0.2, 0) is 6.73 Å². The second-order valence-corrected chi connectivity index (χ2v) is 10.9. The second kappa shape index (κ2) is 19.6. The van der Waals surface area contributed by atoms with E-state index in [-0.39, 0.29) is 12.6 Å². The van der Waals surface area contributed by atoms with Crippen LogP contribution in [0.1, 0.15) is 120 Å². The maximum atomic E-state index is 12.3. The SMILES string of the molecule is CCCCCCCCCCCCCCCCCCNC(=O)c1ccn(COc2ccc(Cl)cc2Br)n1. The number of nitrogens with zero attached hydrogens (tertiary/aromatic N) is 2. The number of ether oxygens (including phenoxy) is 1. The van der Waals surface area contributed by atoms with E-state index < -0.39 is 0 Å². The Bertz CT molecular complexity index is 859. The first kappa shape index (κ1) is 30.7. The topological polar surface area (TPSA) is 56.2 Å². The van der Waals surface area contributed by atoms with Gasteiger partial charge in [0, 0.05) is 17.8 Å². The van der Waals surface area contributed by atoms with Gasteiger partial charge in [-0.05, 0) is 46.6 Å². The lowest BCUT2D eigenvalue weighted by Crippen LogP contribution is -2.25. The molecule has 1 N–H and O–H groups in total. The van der Waals surface area contributed by atoms with Gasteiger partial charge in [0.15, 0.2) is 6.73 Å². The average Bonchev–Trinajstić information content (AvgIpc) is 3.34. The molecule has 202 valence electrons. The fourth-order valence-electron chi connectivity index (χ4n) is 4.25. The fraction of sp³-hybridized carbons (Fsp3) is 0.655. The van der Waals surface area contributed by atoms with Crippen LogP contribution < -0.4 is 10.1 Å². The van der Waals surface area contributed by atoms with E-state index in [9.17, 15) is 4.79 Å². The number of carbonyl (C=O) groups excluding carboxylic acids is 1. The van der Waals surface area contributed by atoms with Crippen LogP contribution in [0.2, 0.25) is 5.02 Å². The molecule has 0 atom stereocenters. The van der Waals surface area contributed by atoms with E-state index >= 15 is 0 Å². The molecule has 1 aromatic heterocycles. The van der Waals surface area contributed by atoms with Crippen molar-refractivity contribution in [3.8, 4) is 5.75 Å². The molecule has 0 fully saturated rings. The summed E-state index contributed by atoms with van der Waals surface area (Å²) in [5.41, 5.74) is 0.408. The molecular weight excluding hydrogens is 538 g/mol. The number of aromatic nitrogens is 2. The molecule has 0 bridgehead atoms. The number of halogens is 2. The van der Waals surface area contributed by atoms with Gasteiger partial charge in [-0.25, -0.2) is 4.68 Å². The van der Waals surface area contributed by atoms with Crippen LogP contribution in [0.3, 0.4) is 0 Å². The molecule has 7 heteroatoms. The van der Waals surface area contributed by atoms with E-state index in [0.717, 1.165) is 17.3 Å². The van der Waals surface area contributed by atoms with Crippen molar-refractivity contribution in [2.75, 3.05) is 6.54 Å². The molecule has 0 unspecified atom stereocenters. The Morgan fingerprint density at radius 1 is 0.889 bits per heavy atom. The van der Waals surface area contributed by atoms with Crippen molar-refractivity contribution in [3.63, 3.8) is 0 Å². The third-order valence-corrected chi connectivity index (χ3v) is 7.29. The van der Waals surface area contributed by atoms with Gasteiger partial charge in [-0.3, -0.25) is 4.79 Å². The van der Waals surface area contributed by atoms with Gasteiger partial charge in [-0.1, -0.05) is 115 Å². The van der Waals surface area contributed by atoms with Crippen molar-refractivity contribution in [3.05, 3.63) is 45.7 Å². The summed E-state index contributed by atoms with van der Waals surface area (Å²) in [6.45, 7) is 3.19. The molecule has 0 aliphatic rings. The molecule has 1 heterocycles. The lowest BCUT2D eigenvalue weighted by Gasteiger charge is -2.08. The Morgan fingerprint density at radius 3 is 2.00 bits per heavy atom. The molecule has 36 heavy (non-hydrogen) atoms. The van der Waals surface area contributed by atoms with Gasteiger partial charge < -0.3 is 10.1 Å². The molecule has 0 saturated carbocycles. The highest BCUT2D eigenvalue weighted by molar-refractivity contribution is 9.10. The van der Waals surface area contributed by atoms with Crippen molar-refractivity contribution in [2.45, 2.75) is 116 Å². The Labute approximate surface area is 231 Å². The minimum Gasteiger partial charge on any atom is -0.470 e. The summed E-state index contributed by atoms with van der Waals surface area (Å²) < 4.78 is 8.11. The maximum Gasteiger partial charge on any atom is 0.271 e. The second-order valence-electron chi connectivity index (χ2n) is 9.65. The Balaban J connectivity index is 1.41. The van der Waals surface area contributed by atoms with Crippen molar-refractivity contribution >= 4 is 33.4 Å². The van der Waals surface area contributed by atoms with Gasteiger partial charge in [0.25, 0.3) is 5.91 Å². The molecule has 1 amide bonds. The number of hydrogen-bond donors (Lipinski definition) is 1. The van der Waals surface area contributed by atoms with Gasteiger partial charge in [-0.2, -0.15) is 5.10 Å². The number of carbonyl (C=O) groups is 1.